The molecule has 0 aromatic heterocycles. The number of ether oxygens (including phenoxy) is 2. The third-order valence-electron chi connectivity index (χ3n) is 4.97. The number of nitrogens with zero attached hydrogens (tertiary/aromatic N) is 3. The molecule has 1 fully saturated rings. The van der Waals surface area contributed by atoms with Gasteiger partial charge in [0, 0.05) is 46.6 Å². The number of hydrogen-bond acceptors (Lipinski definition) is 5. The summed E-state index contributed by atoms with van der Waals surface area (Å²) >= 11 is 0. The summed E-state index contributed by atoms with van der Waals surface area (Å²) in [7, 11) is 3.16. The van der Waals surface area contributed by atoms with Crippen LogP contribution >= 0.6 is 0 Å². The molecule has 0 aliphatic carbocycles. The predicted octanol–water partition coefficient (Wildman–Crippen LogP) is 0.786. The Morgan fingerprint density at radius 3 is 2.11 bits per heavy atom. The molecular weight excluding hydrogens is 362 g/mol. The van der Waals surface area contributed by atoms with Gasteiger partial charge in [-0.05, 0) is 24.1 Å². The van der Waals surface area contributed by atoms with Gasteiger partial charge in [-0.15, -0.1) is 0 Å². The Balaban J connectivity index is 1.92. The van der Waals surface area contributed by atoms with E-state index < -0.39 is 0 Å². The molecule has 1 heterocycles. The van der Waals surface area contributed by atoms with Gasteiger partial charge in [0.25, 0.3) is 0 Å². The van der Waals surface area contributed by atoms with Crippen molar-refractivity contribution in [2.24, 2.45) is 0 Å². The molecule has 1 aromatic carbocycles. The zero-order valence-corrected chi connectivity index (χ0v) is 17.1. The van der Waals surface area contributed by atoms with E-state index in [0.29, 0.717) is 50.6 Å². The van der Waals surface area contributed by atoms with Gasteiger partial charge in [0.2, 0.25) is 17.7 Å². The average Bonchev–Trinajstić information content (AvgIpc) is 2.70. The molecule has 0 radical (unpaired) electrons. The lowest BCUT2D eigenvalue weighted by Gasteiger charge is -2.35. The van der Waals surface area contributed by atoms with Crippen LogP contribution in [0.25, 0.3) is 0 Å². The molecule has 0 atom stereocenters. The van der Waals surface area contributed by atoms with Crippen molar-refractivity contribution in [3.8, 4) is 11.5 Å². The normalized spacial score (nSPS) is 13.9. The molecule has 1 saturated heterocycles. The number of piperazine rings is 1. The Kier molecular flexibility index (Phi) is 7.66. The summed E-state index contributed by atoms with van der Waals surface area (Å²) in [4.78, 5) is 41.0. The van der Waals surface area contributed by atoms with Crippen molar-refractivity contribution in [1.29, 1.82) is 0 Å². The molecule has 0 bridgehead atoms. The van der Waals surface area contributed by atoms with E-state index in [2.05, 4.69) is 0 Å². The molecule has 1 aliphatic rings. The van der Waals surface area contributed by atoms with Crippen LogP contribution in [0.3, 0.4) is 0 Å². The van der Waals surface area contributed by atoms with Crippen molar-refractivity contribution in [2.45, 2.75) is 20.3 Å². The molecule has 28 heavy (non-hydrogen) atoms. The Morgan fingerprint density at radius 2 is 1.57 bits per heavy atom. The largest absolute Gasteiger partial charge is 0.493 e. The minimum absolute atomic E-state index is 0.0207. The van der Waals surface area contributed by atoms with E-state index in [-0.39, 0.29) is 24.3 Å². The fraction of sp³-hybridized carbons (Fsp3) is 0.550. The van der Waals surface area contributed by atoms with Crippen molar-refractivity contribution in [1.82, 2.24) is 14.7 Å². The molecule has 8 nitrogen and oxygen atoms in total. The van der Waals surface area contributed by atoms with Crippen LogP contribution in [-0.2, 0) is 20.8 Å². The maximum Gasteiger partial charge on any atom is 0.242 e. The number of hydrogen-bond donors (Lipinski definition) is 0. The Morgan fingerprint density at radius 1 is 0.964 bits per heavy atom. The number of benzene rings is 1. The molecular formula is C20H29N3O5. The highest BCUT2D eigenvalue weighted by atomic mass is 16.5. The highest BCUT2D eigenvalue weighted by Crippen LogP contribution is 2.27. The third kappa shape index (κ3) is 5.61. The molecule has 8 heteroatoms. The van der Waals surface area contributed by atoms with Crippen molar-refractivity contribution in [2.75, 3.05) is 53.5 Å². The fourth-order valence-corrected chi connectivity index (χ4v) is 3.18. The average molecular weight is 391 g/mol. The monoisotopic (exact) mass is 391 g/mol. The topological polar surface area (TPSA) is 79.4 Å². The SMILES string of the molecule is COc1ccc(CCN(CC(=O)N2CCN(C(C)=O)CC2)C(C)=O)cc1OC. The van der Waals surface area contributed by atoms with Gasteiger partial charge in [-0.1, -0.05) is 6.07 Å². The van der Waals surface area contributed by atoms with Crippen LogP contribution in [0.2, 0.25) is 0 Å². The highest BCUT2D eigenvalue weighted by Gasteiger charge is 2.24. The van der Waals surface area contributed by atoms with Gasteiger partial charge in [-0.3, -0.25) is 14.4 Å². The first-order valence-electron chi connectivity index (χ1n) is 9.35. The van der Waals surface area contributed by atoms with Crippen molar-refractivity contribution in [3.63, 3.8) is 0 Å². The van der Waals surface area contributed by atoms with Crippen LogP contribution in [0.15, 0.2) is 18.2 Å². The second-order valence-corrected chi connectivity index (χ2v) is 6.77. The molecule has 2 rings (SSSR count). The van der Waals surface area contributed by atoms with Crippen LogP contribution in [-0.4, -0.2) is 85.9 Å². The lowest BCUT2D eigenvalue weighted by molar-refractivity contribution is -0.142. The van der Waals surface area contributed by atoms with Crippen LogP contribution < -0.4 is 9.47 Å². The number of methoxy groups -OCH3 is 2. The summed E-state index contributed by atoms with van der Waals surface area (Å²) < 4.78 is 10.5. The Bertz CT molecular complexity index is 714. The zero-order chi connectivity index (χ0) is 20.7. The molecule has 0 N–H and O–H groups in total. The molecule has 0 unspecified atom stereocenters. The minimum atomic E-state index is -0.142. The second-order valence-electron chi connectivity index (χ2n) is 6.77. The van der Waals surface area contributed by atoms with Crippen LogP contribution in [0, 0.1) is 0 Å². The van der Waals surface area contributed by atoms with Gasteiger partial charge in [0.15, 0.2) is 11.5 Å². The van der Waals surface area contributed by atoms with Crippen molar-refractivity contribution in [3.05, 3.63) is 23.8 Å². The van der Waals surface area contributed by atoms with E-state index in [9.17, 15) is 14.4 Å². The van der Waals surface area contributed by atoms with Gasteiger partial charge < -0.3 is 24.2 Å². The van der Waals surface area contributed by atoms with Crippen LogP contribution in [0.1, 0.15) is 19.4 Å². The second kappa shape index (κ2) is 9.96. The van der Waals surface area contributed by atoms with Gasteiger partial charge in [0.1, 0.15) is 0 Å². The number of rotatable bonds is 7. The van der Waals surface area contributed by atoms with Crippen LogP contribution in [0.4, 0.5) is 0 Å². The Labute approximate surface area is 166 Å². The molecule has 154 valence electrons. The van der Waals surface area contributed by atoms with E-state index >= 15 is 0 Å². The van der Waals surface area contributed by atoms with Gasteiger partial charge in [-0.25, -0.2) is 0 Å². The van der Waals surface area contributed by atoms with E-state index in [0.717, 1.165) is 5.56 Å². The minimum Gasteiger partial charge on any atom is -0.493 e. The first-order valence-corrected chi connectivity index (χ1v) is 9.35. The quantitative estimate of drug-likeness (QED) is 0.687. The zero-order valence-electron chi connectivity index (χ0n) is 17.1. The van der Waals surface area contributed by atoms with E-state index in [1.165, 1.54) is 13.8 Å². The molecule has 3 amide bonds. The molecule has 1 aliphatic heterocycles. The van der Waals surface area contributed by atoms with Gasteiger partial charge in [-0.2, -0.15) is 0 Å². The maximum absolute atomic E-state index is 12.6. The summed E-state index contributed by atoms with van der Waals surface area (Å²) in [6.07, 6.45) is 0.603. The van der Waals surface area contributed by atoms with Crippen molar-refractivity contribution >= 4 is 17.7 Å². The predicted molar refractivity (Wildman–Crippen MR) is 104 cm³/mol. The van der Waals surface area contributed by atoms with E-state index in [1.807, 2.05) is 18.2 Å². The standard InChI is InChI=1S/C20H29N3O5/c1-15(24)21-9-11-22(12-10-21)20(26)14-23(16(2)25)8-7-17-5-6-18(27-3)19(13-17)28-4/h5-6,13H,7-12,14H2,1-4H3. The molecule has 1 aromatic rings. The Hall–Kier alpha value is -2.77. The van der Waals surface area contributed by atoms with E-state index in [4.69, 9.17) is 9.47 Å². The summed E-state index contributed by atoms with van der Waals surface area (Å²) in [6.45, 7) is 5.55. The van der Waals surface area contributed by atoms with Crippen LogP contribution in [0.5, 0.6) is 11.5 Å². The van der Waals surface area contributed by atoms with Gasteiger partial charge in [0.05, 0.1) is 20.8 Å². The third-order valence-corrected chi connectivity index (χ3v) is 4.97. The van der Waals surface area contributed by atoms with Crippen molar-refractivity contribution < 1.29 is 23.9 Å². The van der Waals surface area contributed by atoms with E-state index in [1.54, 1.807) is 28.9 Å². The fourth-order valence-electron chi connectivity index (χ4n) is 3.18. The number of carbonyl (C=O) groups excluding carboxylic acids is 3. The maximum atomic E-state index is 12.6. The molecule has 0 saturated carbocycles. The smallest absolute Gasteiger partial charge is 0.242 e. The highest BCUT2D eigenvalue weighted by molar-refractivity contribution is 5.84. The van der Waals surface area contributed by atoms with Gasteiger partial charge >= 0.3 is 0 Å². The lowest BCUT2D eigenvalue weighted by atomic mass is 10.1. The first kappa shape index (κ1) is 21.5. The summed E-state index contributed by atoms with van der Waals surface area (Å²) in [5.74, 6) is 1.07. The molecule has 0 spiro atoms. The summed E-state index contributed by atoms with van der Waals surface area (Å²) in [5.41, 5.74) is 0.992. The number of carbonyl (C=O) groups is 3. The number of amides is 3. The summed E-state index contributed by atoms with van der Waals surface area (Å²) in [5, 5.41) is 0. The lowest BCUT2D eigenvalue weighted by Crippen LogP contribution is -2.52. The summed E-state index contributed by atoms with van der Waals surface area (Å²) in [6, 6.07) is 5.62. The first-order chi connectivity index (χ1) is 13.3.